The number of fused-ring (bicyclic) bond motifs is 3. The zero-order valence-corrected chi connectivity index (χ0v) is 14.6. The molecule has 1 saturated carbocycles. The largest absolute Gasteiger partial charge is 0.392 e. The summed E-state index contributed by atoms with van der Waals surface area (Å²) in [7, 11) is 0. The highest BCUT2D eigenvalue weighted by molar-refractivity contribution is 6.01. The number of aryl methyl sites for hydroxylation is 1. The van der Waals surface area contributed by atoms with Gasteiger partial charge in [0.1, 0.15) is 17.0 Å². The summed E-state index contributed by atoms with van der Waals surface area (Å²) in [6.45, 7) is 4.03. The number of aromatic amines is 1. The lowest BCUT2D eigenvalue weighted by Crippen LogP contribution is -2.37. The number of H-pyrrole nitrogens is 1. The second kappa shape index (κ2) is 5.81. The number of likely N-dealkylation sites (tertiary alicyclic amines) is 1. The van der Waals surface area contributed by atoms with Crippen LogP contribution in [0.1, 0.15) is 44.0 Å². The Morgan fingerprint density at radius 3 is 2.72 bits per heavy atom. The maximum absolute atomic E-state index is 9.80. The lowest BCUT2D eigenvalue weighted by Gasteiger charge is -2.35. The molecule has 1 aliphatic carbocycles. The van der Waals surface area contributed by atoms with E-state index < -0.39 is 0 Å². The minimum Gasteiger partial charge on any atom is -0.392 e. The van der Waals surface area contributed by atoms with Crippen LogP contribution in [-0.2, 0) is 0 Å². The fourth-order valence-corrected chi connectivity index (χ4v) is 4.94. The third-order valence-corrected chi connectivity index (χ3v) is 6.15. The molecule has 0 spiro atoms. The molecular formula is C19H25N5O. The second-order valence-electron chi connectivity index (χ2n) is 7.66. The molecule has 1 saturated heterocycles. The van der Waals surface area contributed by atoms with Crippen LogP contribution in [0.3, 0.4) is 0 Å². The van der Waals surface area contributed by atoms with Crippen molar-refractivity contribution in [2.45, 2.75) is 57.2 Å². The van der Waals surface area contributed by atoms with Crippen LogP contribution >= 0.6 is 0 Å². The topological polar surface area (TPSA) is 70.0 Å². The molecule has 3 aromatic rings. The Bertz CT molecular complexity index is 905. The van der Waals surface area contributed by atoms with Crippen LogP contribution in [0.25, 0.3) is 22.1 Å². The van der Waals surface area contributed by atoms with E-state index in [-0.39, 0.29) is 6.10 Å². The van der Waals surface area contributed by atoms with Gasteiger partial charge in [-0.05, 0) is 45.1 Å². The van der Waals surface area contributed by atoms with E-state index >= 15 is 0 Å². The lowest BCUT2D eigenvalue weighted by molar-refractivity contribution is 0.132. The van der Waals surface area contributed by atoms with Crippen molar-refractivity contribution in [2.24, 2.45) is 0 Å². The Morgan fingerprint density at radius 2 is 1.96 bits per heavy atom. The molecule has 0 radical (unpaired) electrons. The molecule has 132 valence electrons. The zero-order valence-electron chi connectivity index (χ0n) is 14.6. The summed E-state index contributed by atoms with van der Waals surface area (Å²) in [4.78, 5) is 15.0. The minimum atomic E-state index is -0.119. The number of aliphatic hydroxyl groups is 1. The van der Waals surface area contributed by atoms with E-state index in [1.807, 2.05) is 12.4 Å². The summed E-state index contributed by atoms with van der Waals surface area (Å²) in [5, 5.41) is 11.0. The smallest absolute Gasteiger partial charge is 0.139 e. The van der Waals surface area contributed by atoms with Gasteiger partial charge in [0.25, 0.3) is 0 Å². The normalized spacial score (nSPS) is 28.3. The van der Waals surface area contributed by atoms with Gasteiger partial charge in [0.05, 0.1) is 17.8 Å². The van der Waals surface area contributed by atoms with Gasteiger partial charge in [-0.1, -0.05) is 0 Å². The quantitative estimate of drug-likeness (QED) is 0.753. The lowest BCUT2D eigenvalue weighted by atomic mass is 9.90. The molecule has 5 rings (SSSR count). The van der Waals surface area contributed by atoms with E-state index in [2.05, 4.69) is 32.4 Å². The third-order valence-electron chi connectivity index (χ3n) is 6.15. The van der Waals surface area contributed by atoms with Gasteiger partial charge in [-0.3, -0.25) is 4.90 Å². The molecular weight excluding hydrogens is 314 g/mol. The Hall–Kier alpha value is -1.92. The second-order valence-corrected chi connectivity index (χ2v) is 7.66. The molecule has 0 aromatic carbocycles. The number of hydrogen-bond acceptors (Lipinski definition) is 4. The predicted molar refractivity (Wildman–Crippen MR) is 97.6 cm³/mol. The van der Waals surface area contributed by atoms with Crippen LogP contribution in [0.2, 0.25) is 0 Å². The Kier molecular flexibility index (Phi) is 3.57. The van der Waals surface area contributed by atoms with Crippen LogP contribution in [0.4, 0.5) is 0 Å². The number of hydrogen-bond donors (Lipinski definition) is 2. The highest BCUT2D eigenvalue weighted by atomic mass is 16.3. The molecule has 25 heavy (non-hydrogen) atoms. The fourth-order valence-electron chi connectivity index (χ4n) is 4.94. The average molecular weight is 339 g/mol. The molecule has 6 heteroatoms. The van der Waals surface area contributed by atoms with E-state index in [0.29, 0.717) is 12.1 Å². The maximum Gasteiger partial charge on any atom is 0.139 e. The van der Waals surface area contributed by atoms with Crippen LogP contribution in [0.5, 0.6) is 0 Å². The van der Waals surface area contributed by atoms with Crippen LogP contribution < -0.4 is 0 Å². The SMILES string of the molecule is Cc1nc2cnc3[nH]ccc3c2n1[C@H]1CC[C@H](N2CCC(O)C2)CC1. The van der Waals surface area contributed by atoms with Crippen molar-refractivity contribution in [1.82, 2.24) is 24.4 Å². The predicted octanol–water partition coefficient (Wildman–Crippen LogP) is 2.77. The number of imidazole rings is 1. The van der Waals surface area contributed by atoms with Crippen LogP contribution in [0.15, 0.2) is 18.5 Å². The molecule has 4 heterocycles. The highest BCUT2D eigenvalue weighted by Gasteiger charge is 2.32. The van der Waals surface area contributed by atoms with Crippen LogP contribution in [0, 0.1) is 6.92 Å². The van der Waals surface area contributed by atoms with E-state index in [9.17, 15) is 5.11 Å². The van der Waals surface area contributed by atoms with Gasteiger partial charge in [0.15, 0.2) is 0 Å². The van der Waals surface area contributed by atoms with Crippen molar-refractivity contribution in [3.05, 3.63) is 24.3 Å². The van der Waals surface area contributed by atoms with E-state index in [1.165, 1.54) is 36.6 Å². The van der Waals surface area contributed by atoms with E-state index in [0.717, 1.165) is 36.5 Å². The summed E-state index contributed by atoms with van der Waals surface area (Å²) in [6, 6.07) is 3.26. The Labute approximate surface area is 146 Å². The van der Waals surface area contributed by atoms with Crippen molar-refractivity contribution in [1.29, 1.82) is 0 Å². The summed E-state index contributed by atoms with van der Waals surface area (Å²) in [5.41, 5.74) is 3.16. The number of nitrogens with zero attached hydrogens (tertiary/aromatic N) is 4. The number of aromatic nitrogens is 4. The van der Waals surface area contributed by atoms with Gasteiger partial charge in [-0.2, -0.15) is 0 Å². The summed E-state index contributed by atoms with van der Waals surface area (Å²) in [6.07, 6.45) is 9.43. The van der Waals surface area contributed by atoms with Gasteiger partial charge < -0.3 is 14.7 Å². The number of rotatable bonds is 2. The van der Waals surface area contributed by atoms with Gasteiger partial charge >= 0.3 is 0 Å². The maximum atomic E-state index is 9.80. The average Bonchev–Trinajstić information content (AvgIpc) is 3.32. The van der Waals surface area contributed by atoms with Gasteiger partial charge in [-0.25, -0.2) is 9.97 Å². The molecule has 1 atom stereocenters. The Balaban J connectivity index is 1.44. The number of nitrogens with one attached hydrogen (secondary N) is 1. The first-order valence-corrected chi connectivity index (χ1v) is 9.43. The van der Waals surface area contributed by atoms with E-state index in [1.54, 1.807) is 0 Å². The standard InChI is InChI=1S/C19H25N5O/c1-12-22-17-10-21-19-16(6-8-20-19)18(17)24(12)14-4-2-13(3-5-14)23-9-7-15(25)11-23/h6,8,10,13-15,25H,2-5,7,9,11H2,1H3,(H,20,21)/t13-,14-,15?. The fraction of sp³-hybridized carbons (Fsp3) is 0.579. The first-order valence-electron chi connectivity index (χ1n) is 9.43. The highest BCUT2D eigenvalue weighted by Crippen LogP contribution is 2.36. The first-order chi connectivity index (χ1) is 12.2. The minimum absolute atomic E-state index is 0.119. The van der Waals surface area contributed by atoms with Crippen molar-refractivity contribution in [3.8, 4) is 0 Å². The molecule has 3 aromatic heterocycles. The number of aliphatic hydroxyl groups excluding tert-OH is 1. The number of pyridine rings is 1. The van der Waals surface area contributed by atoms with Crippen LogP contribution in [-0.4, -0.2) is 54.8 Å². The Morgan fingerprint density at radius 1 is 1.16 bits per heavy atom. The van der Waals surface area contributed by atoms with Gasteiger partial charge in [0.2, 0.25) is 0 Å². The van der Waals surface area contributed by atoms with E-state index in [4.69, 9.17) is 4.98 Å². The van der Waals surface area contributed by atoms with Crippen molar-refractivity contribution in [2.75, 3.05) is 13.1 Å². The molecule has 1 aliphatic heterocycles. The van der Waals surface area contributed by atoms with Crippen molar-refractivity contribution >= 4 is 22.1 Å². The molecule has 0 amide bonds. The molecule has 0 bridgehead atoms. The van der Waals surface area contributed by atoms with Crippen molar-refractivity contribution < 1.29 is 5.11 Å². The zero-order chi connectivity index (χ0) is 17.0. The first kappa shape index (κ1) is 15.3. The molecule has 2 fully saturated rings. The van der Waals surface area contributed by atoms with Crippen molar-refractivity contribution in [3.63, 3.8) is 0 Å². The molecule has 6 nitrogen and oxygen atoms in total. The van der Waals surface area contributed by atoms with Gasteiger partial charge in [0, 0.05) is 36.8 Å². The monoisotopic (exact) mass is 339 g/mol. The number of β-amino-alcohol motifs (C(OH)–C–C–N with tert-alkyl or cyclic N) is 1. The summed E-state index contributed by atoms with van der Waals surface area (Å²) < 4.78 is 2.45. The molecule has 2 N–H and O–H groups in total. The van der Waals surface area contributed by atoms with Gasteiger partial charge in [-0.15, -0.1) is 0 Å². The third kappa shape index (κ3) is 2.47. The summed E-state index contributed by atoms with van der Waals surface area (Å²) in [5.74, 6) is 1.09. The summed E-state index contributed by atoms with van der Waals surface area (Å²) >= 11 is 0. The molecule has 2 aliphatic rings. The molecule has 1 unspecified atom stereocenters.